The van der Waals surface area contributed by atoms with E-state index in [9.17, 15) is 4.79 Å². The van der Waals surface area contributed by atoms with Crippen LogP contribution >= 0.6 is 0 Å². The Morgan fingerprint density at radius 3 is 2.42 bits per heavy atom. The summed E-state index contributed by atoms with van der Waals surface area (Å²) in [6.07, 6.45) is 6.66. The molecule has 67 valence electrons. The minimum atomic E-state index is 0. The second kappa shape index (κ2) is 6.72. The number of hydrogen-bond donors (Lipinski definition) is 0. The van der Waals surface area contributed by atoms with Crippen LogP contribution in [0.1, 0.15) is 45.4 Å². The largest absolute Gasteiger partial charge is 0.316 e. The Labute approximate surface area is 90.6 Å². The normalized spacial score (nSPS) is 18.1. The fraction of sp³-hybridized carbons (Fsp3) is 0.889. The van der Waals surface area contributed by atoms with Gasteiger partial charge in [-0.05, 0) is 12.8 Å². The van der Waals surface area contributed by atoms with Crippen molar-refractivity contribution in [2.45, 2.75) is 51.5 Å². The number of carbonyl (C=O) groups is 1. The zero-order valence-electron chi connectivity index (χ0n) is 7.18. The minimum Gasteiger partial charge on any atom is -0.273 e. The Balaban J connectivity index is 0.00000121. The Morgan fingerprint density at radius 2 is 1.92 bits per heavy atom. The van der Waals surface area contributed by atoms with E-state index in [4.69, 9.17) is 0 Å². The van der Waals surface area contributed by atoms with Gasteiger partial charge in [0.25, 0.3) is 0 Å². The smallest absolute Gasteiger partial charge is 0.273 e. The highest BCUT2D eigenvalue weighted by Crippen LogP contribution is 2.18. The van der Waals surface area contributed by atoms with Crippen LogP contribution < -0.4 is 5.32 Å². The summed E-state index contributed by atoms with van der Waals surface area (Å²) in [5.41, 5.74) is 0. The number of rotatable bonds is 2. The number of hydrogen-bond acceptors (Lipinski definition) is 1. The van der Waals surface area contributed by atoms with Crippen molar-refractivity contribution in [3.8, 4) is 0 Å². The summed E-state index contributed by atoms with van der Waals surface area (Å²) < 4.78 is 0. The van der Waals surface area contributed by atoms with Gasteiger partial charge >= 0.3 is 23.1 Å². The maximum Gasteiger partial charge on any atom is 0.316 e. The summed E-state index contributed by atoms with van der Waals surface area (Å²) in [4.78, 5) is 10.9. The Kier molecular flexibility index (Phi) is 6.85. The van der Waals surface area contributed by atoms with Crippen molar-refractivity contribution >= 4 is 29.0 Å². The second-order valence-electron chi connectivity index (χ2n) is 3.17. The molecular formula is C9H18MgNO. The molecule has 0 heterocycles. The Morgan fingerprint density at radius 1 is 1.33 bits per heavy atom. The van der Waals surface area contributed by atoms with Crippen molar-refractivity contribution in [1.29, 1.82) is 0 Å². The van der Waals surface area contributed by atoms with Gasteiger partial charge in [-0.3, -0.25) is 4.79 Å². The van der Waals surface area contributed by atoms with E-state index in [2.05, 4.69) is 5.32 Å². The van der Waals surface area contributed by atoms with Crippen LogP contribution in [0.3, 0.4) is 0 Å². The van der Waals surface area contributed by atoms with Crippen molar-refractivity contribution in [1.82, 2.24) is 5.32 Å². The van der Waals surface area contributed by atoms with Gasteiger partial charge in [0.05, 0.1) is 6.04 Å². The van der Waals surface area contributed by atoms with E-state index in [1.54, 1.807) is 0 Å². The van der Waals surface area contributed by atoms with Gasteiger partial charge in [-0.1, -0.05) is 26.2 Å². The average molecular weight is 181 g/mol. The Bertz CT molecular complexity index is 132. The molecule has 0 saturated heterocycles. The third kappa shape index (κ3) is 4.31. The van der Waals surface area contributed by atoms with Gasteiger partial charge in [0, 0.05) is 6.42 Å². The number of nitrogens with zero attached hydrogens (tertiary/aromatic N) is 1. The molecule has 1 rings (SSSR count). The van der Waals surface area contributed by atoms with Gasteiger partial charge in [-0.25, -0.2) is 5.32 Å². The predicted octanol–water partition coefficient (Wildman–Crippen LogP) is 0.944. The molecule has 0 unspecified atom stereocenters. The average Bonchev–Trinajstić information content (AvgIpc) is 2.06. The zero-order valence-corrected chi connectivity index (χ0v) is 7.18. The van der Waals surface area contributed by atoms with Crippen molar-refractivity contribution in [2.24, 2.45) is 0 Å². The van der Waals surface area contributed by atoms with Gasteiger partial charge < -0.3 is 0 Å². The molecule has 1 aliphatic carbocycles. The van der Waals surface area contributed by atoms with Crippen molar-refractivity contribution in [3.05, 3.63) is 0 Å². The summed E-state index contributed by atoms with van der Waals surface area (Å²) in [5, 5.41) is 4.12. The molecule has 12 heavy (non-hydrogen) atoms. The fourth-order valence-corrected chi connectivity index (χ4v) is 1.51. The zero-order chi connectivity index (χ0) is 8.10. The van der Waals surface area contributed by atoms with E-state index in [1.807, 2.05) is 6.92 Å². The van der Waals surface area contributed by atoms with Crippen LogP contribution in [-0.2, 0) is 4.79 Å². The maximum absolute atomic E-state index is 10.9. The molecule has 0 atom stereocenters. The van der Waals surface area contributed by atoms with Crippen LogP contribution in [0, 0.1) is 0 Å². The molecule has 1 aliphatic rings. The lowest BCUT2D eigenvalue weighted by molar-refractivity contribution is -0.122. The summed E-state index contributed by atoms with van der Waals surface area (Å²) in [7, 11) is 0. The lowest BCUT2D eigenvalue weighted by Crippen LogP contribution is -2.29. The van der Waals surface area contributed by atoms with Crippen molar-refractivity contribution < 1.29 is 4.79 Å². The van der Waals surface area contributed by atoms with Gasteiger partial charge in [-0.15, -0.1) is 0 Å². The van der Waals surface area contributed by atoms with Crippen LogP contribution in [-0.4, -0.2) is 35.0 Å². The predicted molar refractivity (Wildman–Crippen MR) is 52.8 cm³/mol. The van der Waals surface area contributed by atoms with E-state index >= 15 is 0 Å². The van der Waals surface area contributed by atoms with Crippen molar-refractivity contribution in [2.75, 3.05) is 0 Å². The molecule has 1 saturated carbocycles. The molecule has 1 fully saturated rings. The molecule has 0 aromatic heterocycles. The van der Waals surface area contributed by atoms with Gasteiger partial charge in [0.2, 0.25) is 5.91 Å². The minimum absolute atomic E-state index is 0. The highest BCUT2D eigenvalue weighted by Gasteiger charge is 2.15. The van der Waals surface area contributed by atoms with Gasteiger partial charge in [0.15, 0.2) is 0 Å². The first-order valence-electron chi connectivity index (χ1n) is 4.56. The summed E-state index contributed by atoms with van der Waals surface area (Å²) in [6, 6.07) is 0.358. The van der Waals surface area contributed by atoms with E-state index in [1.165, 1.54) is 19.3 Å². The lowest BCUT2D eigenvalue weighted by atomic mass is 9.95. The van der Waals surface area contributed by atoms with Crippen LogP contribution in [0.25, 0.3) is 0 Å². The molecule has 1 radical (unpaired) electrons. The van der Waals surface area contributed by atoms with Gasteiger partial charge in [0.1, 0.15) is 0 Å². The van der Waals surface area contributed by atoms with Crippen molar-refractivity contribution in [3.63, 3.8) is 0 Å². The molecule has 0 bridgehead atoms. The topological polar surface area (TPSA) is 31.2 Å². The quantitative estimate of drug-likeness (QED) is 0.582. The van der Waals surface area contributed by atoms with Crippen LogP contribution in [0.15, 0.2) is 0 Å². The highest BCUT2D eigenvalue weighted by atomic mass is 24.3. The third-order valence-electron chi connectivity index (χ3n) is 2.20. The van der Waals surface area contributed by atoms with Crippen LogP contribution in [0.5, 0.6) is 0 Å². The first-order chi connectivity index (χ1) is 5.33. The number of carbonyl (C=O) groups excluding carboxylic acids is 1. The first kappa shape index (κ1) is 12.2. The molecule has 0 N–H and O–H groups in total. The monoisotopic (exact) mass is 180 g/mol. The molecule has 3 heteroatoms. The highest BCUT2D eigenvalue weighted by molar-refractivity contribution is 5.75. The number of amides is 1. The van der Waals surface area contributed by atoms with Crippen LogP contribution in [0.2, 0.25) is 0 Å². The van der Waals surface area contributed by atoms with Crippen LogP contribution in [0.4, 0.5) is 0 Å². The lowest BCUT2D eigenvalue weighted by Gasteiger charge is -2.19. The Hall–Kier alpha value is 0.236. The first-order valence-corrected chi connectivity index (χ1v) is 4.56. The fourth-order valence-electron chi connectivity index (χ4n) is 1.51. The molecule has 1 amide bonds. The maximum atomic E-state index is 10.9. The summed E-state index contributed by atoms with van der Waals surface area (Å²) >= 11 is 0. The van der Waals surface area contributed by atoms with Gasteiger partial charge in [-0.2, -0.15) is 0 Å². The molecular weight excluding hydrogens is 162 g/mol. The molecule has 0 aromatic carbocycles. The SMILES string of the molecule is CCC(=O)[N]C1CCCCC1.[MgH2]. The molecule has 0 aliphatic heterocycles. The van der Waals surface area contributed by atoms with E-state index in [0.717, 1.165) is 12.8 Å². The summed E-state index contributed by atoms with van der Waals surface area (Å²) in [5.74, 6) is 0.0805. The second-order valence-corrected chi connectivity index (χ2v) is 3.17. The summed E-state index contributed by atoms with van der Waals surface area (Å²) in [6.45, 7) is 1.87. The molecule has 2 nitrogen and oxygen atoms in total. The third-order valence-corrected chi connectivity index (χ3v) is 2.20. The molecule has 0 spiro atoms. The van der Waals surface area contributed by atoms with E-state index < -0.39 is 0 Å². The standard InChI is InChI=1S/C9H16NO.Mg.2H/c1-2-9(11)10-8-6-4-3-5-7-8;;;/h8H,2-7H2,1H3;;;. The molecule has 0 aromatic rings. The van der Waals surface area contributed by atoms with E-state index in [-0.39, 0.29) is 29.0 Å². The van der Waals surface area contributed by atoms with E-state index in [0.29, 0.717) is 12.5 Å².